The Balaban J connectivity index is 2.98. The van der Waals surface area contributed by atoms with Crippen LogP contribution in [0.3, 0.4) is 0 Å². The molecule has 16 heavy (non-hydrogen) atoms. The van der Waals surface area contributed by atoms with Crippen molar-refractivity contribution in [2.24, 2.45) is 0 Å². The van der Waals surface area contributed by atoms with Gasteiger partial charge in [-0.3, -0.25) is 15.1 Å². The van der Waals surface area contributed by atoms with Crippen molar-refractivity contribution < 1.29 is 15.1 Å². The Morgan fingerprint density at radius 2 is 2.25 bits per heavy atom. The molecule has 6 nitrogen and oxygen atoms in total. The highest BCUT2D eigenvalue weighted by atomic mass is 35.5. The number of alkyl halides is 1. The van der Waals surface area contributed by atoms with Crippen LogP contribution in [0.1, 0.15) is 18.2 Å². The topological polar surface area (TPSA) is 96.5 Å². The summed E-state index contributed by atoms with van der Waals surface area (Å²) in [4.78, 5) is 13.7. The van der Waals surface area contributed by atoms with Crippen molar-refractivity contribution >= 4 is 17.3 Å². The van der Waals surface area contributed by atoms with E-state index in [0.29, 0.717) is 0 Å². The molecule has 0 saturated heterocycles. The third-order valence-electron chi connectivity index (χ3n) is 2.06. The number of rotatable bonds is 5. The van der Waals surface area contributed by atoms with Crippen molar-refractivity contribution in [1.82, 2.24) is 4.98 Å². The van der Waals surface area contributed by atoms with Crippen molar-refractivity contribution in [3.05, 3.63) is 34.1 Å². The fourth-order valence-electron chi connectivity index (χ4n) is 1.24. The second-order valence-electron chi connectivity index (χ2n) is 3.15. The number of hydrogen-bond acceptors (Lipinski definition) is 5. The molecule has 0 aliphatic carbocycles. The number of aliphatic hydroxyl groups is 2. The van der Waals surface area contributed by atoms with Gasteiger partial charge in [-0.05, 0) is 12.5 Å². The van der Waals surface area contributed by atoms with Crippen LogP contribution in [0.15, 0.2) is 18.3 Å². The SMILES string of the molecule is O=[N+]([O-])c1cccnc1C(O)C(O)CCCl. The highest BCUT2D eigenvalue weighted by Crippen LogP contribution is 2.25. The average Bonchev–Trinajstić information content (AvgIpc) is 2.28. The summed E-state index contributed by atoms with van der Waals surface area (Å²) in [5.74, 6) is 0.152. The van der Waals surface area contributed by atoms with E-state index in [0.717, 1.165) is 0 Å². The molecular weight excluding hydrogens is 236 g/mol. The third-order valence-corrected chi connectivity index (χ3v) is 2.28. The number of nitro groups is 1. The summed E-state index contributed by atoms with van der Waals surface area (Å²) < 4.78 is 0. The first-order chi connectivity index (χ1) is 7.57. The van der Waals surface area contributed by atoms with Gasteiger partial charge in [0.05, 0.1) is 11.0 Å². The van der Waals surface area contributed by atoms with Gasteiger partial charge in [0.2, 0.25) is 0 Å². The van der Waals surface area contributed by atoms with Gasteiger partial charge in [0.15, 0.2) is 0 Å². The minimum absolute atomic E-state index is 0.135. The monoisotopic (exact) mass is 246 g/mol. The van der Waals surface area contributed by atoms with E-state index in [4.69, 9.17) is 11.6 Å². The summed E-state index contributed by atoms with van der Waals surface area (Å²) in [5, 5.41) is 29.8. The van der Waals surface area contributed by atoms with E-state index in [9.17, 15) is 20.3 Å². The largest absolute Gasteiger partial charge is 0.390 e. The third kappa shape index (κ3) is 2.88. The maximum absolute atomic E-state index is 10.7. The minimum Gasteiger partial charge on any atom is -0.390 e. The lowest BCUT2D eigenvalue weighted by atomic mass is 10.1. The zero-order valence-corrected chi connectivity index (χ0v) is 9.04. The first-order valence-corrected chi connectivity index (χ1v) is 5.12. The standard InChI is InChI=1S/C9H11ClN2O4/c10-4-3-7(13)9(14)8-6(12(15)16)2-1-5-11-8/h1-2,5,7,9,13-14H,3-4H2. The van der Waals surface area contributed by atoms with Gasteiger partial charge >= 0.3 is 0 Å². The van der Waals surface area contributed by atoms with E-state index in [1.54, 1.807) is 0 Å². The Hall–Kier alpha value is -1.24. The Morgan fingerprint density at radius 1 is 1.56 bits per heavy atom. The Labute approximate surface area is 96.7 Å². The second-order valence-corrected chi connectivity index (χ2v) is 3.53. The number of nitrogens with zero attached hydrogens (tertiary/aromatic N) is 2. The lowest BCUT2D eigenvalue weighted by Crippen LogP contribution is -2.20. The normalized spacial score (nSPS) is 14.4. The highest BCUT2D eigenvalue weighted by molar-refractivity contribution is 6.17. The average molecular weight is 247 g/mol. The van der Waals surface area contributed by atoms with Gasteiger partial charge in [0.1, 0.15) is 11.8 Å². The van der Waals surface area contributed by atoms with Crippen LogP contribution in [0.5, 0.6) is 0 Å². The van der Waals surface area contributed by atoms with Crippen LogP contribution in [-0.4, -0.2) is 32.1 Å². The molecule has 0 fully saturated rings. The van der Waals surface area contributed by atoms with Gasteiger partial charge in [-0.25, -0.2) is 0 Å². The Kier molecular flexibility index (Phi) is 4.60. The molecule has 1 heterocycles. The minimum atomic E-state index is -1.40. The predicted molar refractivity (Wildman–Crippen MR) is 57.2 cm³/mol. The smallest absolute Gasteiger partial charge is 0.293 e. The molecule has 2 N–H and O–H groups in total. The van der Waals surface area contributed by atoms with E-state index in [-0.39, 0.29) is 23.7 Å². The molecule has 0 amide bonds. The quantitative estimate of drug-likeness (QED) is 0.459. The molecule has 0 bridgehead atoms. The van der Waals surface area contributed by atoms with Crippen molar-refractivity contribution in [2.45, 2.75) is 18.6 Å². The molecule has 2 unspecified atom stereocenters. The molecule has 0 saturated carbocycles. The zero-order valence-electron chi connectivity index (χ0n) is 8.28. The summed E-state index contributed by atoms with van der Waals surface area (Å²) in [5.41, 5.74) is -0.464. The fraction of sp³-hybridized carbons (Fsp3) is 0.444. The molecule has 0 radical (unpaired) electrons. The van der Waals surface area contributed by atoms with Gasteiger partial charge in [0.25, 0.3) is 5.69 Å². The number of aromatic nitrogens is 1. The van der Waals surface area contributed by atoms with Crippen LogP contribution in [0.2, 0.25) is 0 Å². The maximum atomic E-state index is 10.7. The first kappa shape index (κ1) is 12.8. The molecule has 1 aromatic rings. The second kappa shape index (κ2) is 5.74. The number of halogens is 1. The van der Waals surface area contributed by atoms with E-state index < -0.39 is 17.1 Å². The molecule has 88 valence electrons. The van der Waals surface area contributed by atoms with Crippen LogP contribution >= 0.6 is 11.6 Å². The lowest BCUT2D eigenvalue weighted by Gasteiger charge is -2.15. The number of pyridine rings is 1. The van der Waals surface area contributed by atoms with Gasteiger partial charge in [-0.2, -0.15) is 0 Å². The zero-order chi connectivity index (χ0) is 12.1. The molecule has 0 spiro atoms. The Morgan fingerprint density at radius 3 is 2.81 bits per heavy atom. The lowest BCUT2D eigenvalue weighted by molar-refractivity contribution is -0.386. The summed E-state index contributed by atoms with van der Waals surface area (Å²) in [7, 11) is 0. The van der Waals surface area contributed by atoms with E-state index >= 15 is 0 Å². The predicted octanol–water partition coefficient (Wildman–Crippen LogP) is 1.01. The molecule has 1 rings (SSSR count). The van der Waals surface area contributed by atoms with E-state index in [1.807, 2.05) is 0 Å². The van der Waals surface area contributed by atoms with Crippen molar-refractivity contribution in [2.75, 3.05) is 5.88 Å². The van der Waals surface area contributed by atoms with Gasteiger partial charge in [-0.1, -0.05) is 0 Å². The number of aliphatic hydroxyl groups excluding tert-OH is 2. The van der Waals surface area contributed by atoms with Crippen molar-refractivity contribution in [1.29, 1.82) is 0 Å². The van der Waals surface area contributed by atoms with Crippen molar-refractivity contribution in [3.63, 3.8) is 0 Å². The molecular formula is C9H11ClN2O4. The molecule has 2 atom stereocenters. The maximum Gasteiger partial charge on any atom is 0.293 e. The summed E-state index contributed by atoms with van der Waals surface area (Å²) in [6.07, 6.45) is -1.11. The van der Waals surface area contributed by atoms with Gasteiger partial charge < -0.3 is 10.2 Å². The number of hydrogen-bond donors (Lipinski definition) is 2. The highest BCUT2D eigenvalue weighted by Gasteiger charge is 2.26. The van der Waals surface area contributed by atoms with Crippen LogP contribution in [-0.2, 0) is 0 Å². The molecule has 7 heteroatoms. The fourth-order valence-corrected chi connectivity index (χ4v) is 1.47. The molecule has 0 aliphatic heterocycles. The van der Waals surface area contributed by atoms with Crippen molar-refractivity contribution in [3.8, 4) is 0 Å². The Bertz CT molecular complexity index is 374. The summed E-state index contributed by atoms with van der Waals surface area (Å²) >= 11 is 5.40. The molecule has 1 aromatic heterocycles. The van der Waals surface area contributed by atoms with Crippen LogP contribution < -0.4 is 0 Å². The molecule has 0 aromatic carbocycles. The summed E-state index contributed by atoms with van der Waals surface area (Å²) in [6.45, 7) is 0. The van der Waals surface area contributed by atoms with E-state index in [2.05, 4.69) is 4.98 Å². The first-order valence-electron chi connectivity index (χ1n) is 4.59. The van der Waals surface area contributed by atoms with E-state index in [1.165, 1.54) is 18.3 Å². The summed E-state index contributed by atoms with van der Waals surface area (Å²) in [6, 6.07) is 2.61. The van der Waals surface area contributed by atoms with Gasteiger partial charge in [0, 0.05) is 18.1 Å². The van der Waals surface area contributed by atoms with Crippen LogP contribution in [0.4, 0.5) is 5.69 Å². The van der Waals surface area contributed by atoms with Crippen LogP contribution in [0.25, 0.3) is 0 Å². The van der Waals surface area contributed by atoms with Gasteiger partial charge in [-0.15, -0.1) is 11.6 Å². The molecule has 0 aliphatic rings. The van der Waals surface area contributed by atoms with Crippen LogP contribution in [0, 0.1) is 10.1 Å².